The number of anilines is 1. The second-order valence-electron chi connectivity index (χ2n) is 7.20. The van der Waals surface area contributed by atoms with Crippen LogP contribution in [0.15, 0.2) is 42.6 Å². The molecule has 0 aliphatic heterocycles. The Labute approximate surface area is 170 Å². The Balaban J connectivity index is 1.90. The van der Waals surface area contributed by atoms with Gasteiger partial charge in [0.15, 0.2) is 5.82 Å². The molecule has 7 nitrogen and oxygen atoms in total. The summed E-state index contributed by atoms with van der Waals surface area (Å²) < 4.78 is 9.57. The van der Waals surface area contributed by atoms with Crippen molar-refractivity contribution in [1.82, 2.24) is 24.3 Å². The van der Waals surface area contributed by atoms with Crippen molar-refractivity contribution in [2.45, 2.75) is 32.7 Å². The van der Waals surface area contributed by atoms with E-state index in [9.17, 15) is 0 Å². The summed E-state index contributed by atoms with van der Waals surface area (Å²) in [6, 6.07) is 12.2. The van der Waals surface area contributed by atoms with Crippen LogP contribution in [0.25, 0.3) is 22.4 Å². The Morgan fingerprint density at radius 3 is 2.55 bits per heavy atom. The second-order valence-corrected chi connectivity index (χ2v) is 7.20. The number of rotatable bonds is 7. The number of nitrogens with two attached hydrogens (primary N) is 1. The van der Waals surface area contributed by atoms with Crippen molar-refractivity contribution >= 4 is 16.9 Å². The average molecular weight is 390 g/mol. The Morgan fingerprint density at radius 1 is 1.10 bits per heavy atom. The van der Waals surface area contributed by atoms with Crippen molar-refractivity contribution in [1.29, 1.82) is 0 Å². The number of nitrogens with zero attached hydrogens (tertiary/aromatic N) is 5. The van der Waals surface area contributed by atoms with Gasteiger partial charge in [-0.1, -0.05) is 25.5 Å². The molecule has 0 aliphatic rings. The van der Waals surface area contributed by atoms with E-state index in [4.69, 9.17) is 15.5 Å². The predicted octanol–water partition coefficient (Wildman–Crippen LogP) is 3.81. The minimum absolute atomic E-state index is 0.365. The second kappa shape index (κ2) is 7.95. The van der Waals surface area contributed by atoms with Gasteiger partial charge in [0.2, 0.25) is 0 Å². The molecule has 7 heteroatoms. The van der Waals surface area contributed by atoms with E-state index in [1.807, 2.05) is 42.1 Å². The molecule has 0 aliphatic carbocycles. The molecule has 0 saturated heterocycles. The van der Waals surface area contributed by atoms with Gasteiger partial charge in [-0.2, -0.15) is 0 Å². The minimum Gasteiger partial charge on any atom is -0.497 e. The Hall–Kier alpha value is -3.35. The highest BCUT2D eigenvalue weighted by Crippen LogP contribution is 2.31. The maximum Gasteiger partial charge on any atom is 0.174 e. The summed E-state index contributed by atoms with van der Waals surface area (Å²) in [5.41, 5.74) is 10.8. The number of ether oxygens (including phenoxy) is 1. The number of nitrogen functional groups attached to an aromatic ring is 1. The van der Waals surface area contributed by atoms with Crippen LogP contribution >= 0.6 is 0 Å². The molecule has 0 bridgehead atoms. The summed E-state index contributed by atoms with van der Waals surface area (Å²) in [5, 5.41) is 8.65. The van der Waals surface area contributed by atoms with Crippen molar-refractivity contribution in [3.05, 3.63) is 54.0 Å². The van der Waals surface area contributed by atoms with E-state index in [1.165, 1.54) is 0 Å². The summed E-state index contributed by atoms with van der Waals surface area (Å²) in [6.45, 7) is 2.87. The molecule has 0 fully saturated rings. The van der Waals surface area contributed by atoms with Gasteiger partial charge in [0.25, 0.3) is 0 Å². The fourth-order valence-corrected chi connectivity index (χ4v) is 3.61. The molecule has 0 amide bonds. The molecule has 0 saturated carbocycles. The lowest BCUT2D eigenvalue weighted by atomic mass is 10.2. The Morgan fingerprint density at radius 2 is 1.90 bits per heavy atom. The first-order valence-electron chi connectivity index (χ1n) is 9.88. The zero-order chi connectivity index (χ0) is 20.4. The van der Waals surface area contributed by atoms with Gasteiger partial charge in [0, 0.05) is 26.2 Å². The normalized spacial score (nSPS) is 11.3. The number of hydrogen-bond acceptors (Lipinski definition) is 5. The highest BCUT2D eigenvalue weighted by Gasteiger charge is 2.20. The molecular formula is C22H26N6O. The molecule has 0 atom stereocenters. The molecule has 4 aromatic rings. The largest absolute Gasteiger partial charge is 0.497 e. The fourth-order valence-electron chi connectivity index (χ4n) is 3.61. The molecule has 0 spiro atoms. The number of fused-ring (bicyclic) bond motifs is 1. The van der Waals surface area contributed by atoms with Crippen LogP contribution in [0.3, 0.4) is 0 Å². The number of imidazole rings is 1. The van der Waals surface area contributed by atoms with Crippen LogP contribution in [0.4, 0.5) is 5.82 Å². The maximum absolute atomic E-state index is 6.19. The molecule has 2 N–H and O–H groups in total. The molecule has 29 heavy (non-hydrogen) atoms. The number of unbranched alkanes of at least 4 members (excludes halogenated alkanes) is 1. The van der Waals surface area contributed by atoms with E-state index in [-0.39, 0.29) is 0 Å². The molecule has 1 aromatic carbocycles. The lowest BCUT2D eigenvalue weighted by Crippen LogP contribution is -2.08. The summed E-state index contributed by atoms with van der Waals surface area (Å²) >= 11 is 0. The number of methoxy groups -OCH3 is 1. The van der Waals surface area contributed by atoms with Crippen LogP contribution in [-0.2, 0) is 20.0 Å². The van der Waals surface area contributed by atoms with Crippen LogP contribution < -0.4 is 10.5 Å². The van der Waals surface area contributed by atoms with Crippen LogP contribution in [0.2, 0.25) is 0 Å². The van der Waals surface area contributed by atoms with Gasteiger partial charge in [-0.25, -0.2) is 4.98 Å². The van der Waals surface area contributed by atoms with Crippen LogP contribution in [0.5, 0.6) is 5.75 Å². The van der Waals surface area contributed by atoms with Crippen LogP contribution in [0, 0.1) is 0 Å². The molecule has 0 unspecified atom stereocenters. The van der Waals surface area contributed by atoms with Gasteiger partial charge in [0.05, 0.1) is 12.8 Å². The van der Waals surface area contributed by atoms with Gasteiger partial charge >= 0.3 is 0 Å². The minimum atomic E-state index is 0.365. The Bertz CT molecular complexity index is 1130. The number of hydrogen-bond donors (Lipinski definition) is 1. The van der Waals surface area contributed by atoms with Gasteiger partial charge < -0.3 is 19.6 Å². The van der Waals surface area contributed by atoms with Crippen molar-refractivity contribution < 1.29 is 4.74 Å². The highest BCUT2D eigenvalue weighted by molar-refractivity contribution is 5.94. The molecule has 4 rings (SSSR count). The SMILES string of the molecule is CCCCc1nc2c(N)nnc(-c3cccn3C)c2n1Cc1ccc(OC)cc1. The lowest BCUT2D eigenvalue weighted by Gasteiger charge is -2.12. The van der Waals surface area contributed by atoms with E-state index >= 15 is 0 Å². The van der Waals surface area contributed by atoms with Gasteiger partial charge in [-0.3, -0.25) is 0 Å². The Kier molecular flexibility index (Phi) is 5.20. The van der Waals surface area contributed by atoms with Crippen molar-refractivity contribution in [2.75, 3.05) is 12.8 Å². The first kappa shape index (κ1) is 19.0. The lowest BCUT2D eigenvalue weighted by molar-refractivity contribution is 0.414. The van der Waals surface area contributed by atoms with Crippen LogP contribution in [0.1, 0.15) is 31.2 Å². The van der Waals surface area contributed by atoms with Gasteiger partial charge in [-0.05, 0) is 36.2 Å². The maximum atomic E-state index is 6.19. The topological polar surface area (TPSA) is 83.8 Å². The third kappa shape index (κ3) is 3.55. The van der Waals surface area contributed by atoms with Crippen molar-refractivity contribution in [3.63, 3.8) is 0 Å². The number of benzene rings is 1. The standard InChI is InChI=1S/C22H26N6O/c1-4-5-8-18-24-20-21(28(18)14-15-9-11-16(29-3)12-10-15)19(25-26-22(20)23)17-7-6-13-27(17)2/h6-7,9-13H,4-5,8,14H2,1-3H3,(H2,23,26). The van der Waals surface area contributed by atoms with Crippen molar-refractivity contribution in [2.24, 2.45) is 7.05 Å². The summed E-state index contributed by atoms with van der Waals surface area (Å²) in [5.74, 6) is 2.22. The smallest absolute Gasteiger partial charge is 0.174 e. The molecule has 3 aromatic heterocycles. The summed E-state index contributed by atoms with van der Waals surface area (Å²) in [6.07, 6.45) is 5.04. The van der Waals surface area contributed by atoms with E-state index in [0.717, 1.165) is 58.8 Å². The van der Waals surface area contributed by atoms with Crippen LogP contribution in [-0.4, -0.2) is 31.4 Å². The fraction of sp³-hybridized carbons (Fsp3) is 0.318. The van der Waals surface area contributed by atoms with Crippen molar-refractivity contribution in [3.8, 4) is 17.1 Å². The zero-order valence-electron chi connectivity index (χ0n) is 17.1. The monoisotopic (exact) mass is 390 g/mol. The quantitative estimate of drug-likeness (QED) is 0.519. The molecule has 150 valence electrons. The number of aromatic nitrogens is 5. The average Bonchev–Trinajstić information content (AvgIpc) is 3.32. The summed E-state index contributed by atoms with van der Waals surface area (Å²) in [4.78, 5) is 4.88. The molecular weight excluding hydrogens is 364 g/mol. The molecule has 0 radical (unpaired) electrons. The number of aryl methyl sites for hydroxylation is 2. The van der Waals surface area contributed by atoms with Gasteiger partial charge in [-0.15, -0.1) is 10.2 Å². The first-order valence-corrected chi connectivity index (χ1v) is 9.88. The third-order valence-corrected chi connectivity index (χ3v) is 5.21. The van der Waals surface area contributed by atoms with Gasteiger partial charge in [0.1, 0.15) is 28.3 Å². The molecule has 3 heterocycles. The first-order chi connectivity index (χ1) is 14.1. The highest BCUT2D eigenvalue weighted by atomic mass is 16.5. The zero-order valence-corrected chi connectivity index (χ0v) is 17.1. The van der Waals surface area contributed by atoms with E-state index in [1.54, 1.807) is 7.11 Å². The predicted molar refractivity (Wildman–Crippen MR) is 115 cm³/mol. The van der Waals surface area contributed by atoms with E-state index in [0.29, 0.717) is 12.4 Å². The van der Waals surface area contributed by atoms with E-state index in [2.05, 4.69) is 33.8 Å². The third-order valence-electron chi connectivity index (χ3n) is 5.21. The van der Waals surface area contributed by atoms with E-state index < -0.39 is 0 Å². The summed E-state index contributed by atoms with van der Waals surface area (Å²) in [7, 11) is 3.68.